The fraction of sp³-hybridized carbons (Fsp3) is 0.588. The van der Waals surface area contributed by atoms with Crippen molar-refractivity contribution in [1.82, 2.24) is 10.2 Å². The lowest BCUT2D eigenvalue weighted by molar-refractivity contribution is 0.186. The van der Waals surface area contributed by atoms with Gasteiger partial charge in [0.25, 0.3) is 0 Å². The highest BCUT2D eigenvalue weighted by atomic mass is 16.2. The molecule has 1 fully saturated rings. The number of amides is 2. The zero-order chi connectivity index (χ0) is 15.2. The van der Waals surface area contributed by atoms with Gasteiger partial charge in [-0.25, -0.2) is 4.79 Å². The number of urea groups is 1. The highest BCUT2D eigenvalue weighted by Crippen LogP contribution is 2.18. The molecule has 116 valence electrons. The number of hydrogen-bond acceptors (Lipinski definition) is 2. The molecule has 0 atom stereocenters. The van der Waals surface area contributed by atoms with Crippen LogP contribution in [0.3, 0.4) is 0 Å². The van der Waals surface area contributed by atoms with Crippen LogP contribution in [0.15, 0.2) is 24.3 Å². The Balaban J connectivity index is 1.90. The average Bonchev–Trinajstić information content (AvgIpc) is 2.46. The van der Waals surface area contributed by atoms with E-state index in [1.807, 2.05) is 23.1 Å². The molecule has 4 heteroatoms. The highest BCUT2D eigenvalue weighted by molar-refractivity contribution is 5.89. The lowest BCUT2D eigenvalue weighted by Gasteiger charge is -2.30. The Bertz CT molecular complexity index is 465. The van der Waals surface area contributed by atoms with Crippen molar-refractivity contribution < 1.29 is 4.79 Å². The van der Waals surface area contributed by atoms with Gasteiger partial charge in [0.2, 0.25) is 0 Å². The van der Waals surface area contributed by atoms with Gasteiger partial charge in [-0.1, -0.05) is 32.9 Å². The smallest absolute Gasteiger partial charge is 0.321 e. The predicted octanol–water partition coefficient (Wildman–Crippen LogP) is 3.45. The molecule has 0 spiro atoms. The molecule has 2 amide bonds. The molecule has 2 rings (SSSR count). The van der Waals surface area contributed by atoms with Gasteiger partial charge in [-0.15, -0.1) is 0 Å². The van der Waals surface area contributed by atoms with Gasteiger partial charge in [-0.2, -0.15) is 0 Å². The third-order valence-corrected chi connectivity index (χ3v) is 3.96. The Morgan fingerprint density at radius 2 is 2.05 bits per heavy atom. The molecule has 1 aromatic rings. The van der Waals surface area contributed by atoms with Crippen LogP contribution in [-0.4, -0.2) is 30.1 Å². The van der Waals surface area contributed by atoms with Crippen molar-refractivity contribution >= 4 is 11.7 Å². The molecule has 2 N–H and O–H groups in total. The van der Waals surface area contributed by atoms with Crippen LogP contribution in [0.4, 0.5) is 10.5 Å². The Labute approximate surface area is 127 Å². The van der Waals surface area contributed by atoms with Crippen LogP contribution >= 0.6 is 0 Å². The number of carbonyl (C=O) groups excluding carboxylic acids is 1. The van der Waals surface area contributed by atoms with E-state index in [4.69, 9.17) is 0 Å². The van der Waals surface area contributed by atoms with Gasteiger partial charge in [-0.05, 0) is 36.5 Å². The van der Waals surface area contributed by atoms with E-state index in [-0.39, 0.29) is 6.03 Å². The largest absolute Gasteiger partial charge is 0.325 e. The van der Waals surface area contributed by atoms with Crippen LogP contribution in [0.25, 0.3) is 0 Å². The normalized spacial score (nSPS) is 16.3. The number of carbonyl (C=O) groups is 1. The Hall–Kier alpha value is -1.55. The lowest BCUT2D eigenvalue weighted by Crippen LogP contribution is -2.40. The van der Waals surface area contributed by atoms with Gasteiger partial charge in [0, 0.05) is 31.4 Å². The molecule has 0 saturated carbocycles. The molecule has 0 radical (unpaired) electrons. The topological polar surface area (TPSA) is 44.4 Å². The maximum atomic E-state index is 12.3. The fourth-order valence-electron chi connectivity index (χ4n) is 2.50. The molecule has 1 heterocycles. The second kappa shape index (κ2) is 7.46. The van der Waals surface area contributed by atoms with Crippen LogP contribution < -0.4 is 10.6 Å². The molecule has 1 aromatic carbocycles. The van der Waals surface area contributed by atoms with Crippen molar-refractivity contribution in [2.45, 2.75) is 46.2 Å². The minimum Gasteiger partial charge on any atom is -0.325 e. The van der Waals surface area contributed by atoms with Crippen molar-refractivity contribution in [3.63, 3.8) is 0 Å². The molecule has 1 aliphatic heterocycles. The zero-order valence-corrected chi connectivity index (χ0v) is 13.4. The predicted molar refractivity (Wildman–Crippen MR) is 87.4 cm³/mol. The summed E-state index contributed by atoms with van der Waals surface area (Å²) in [6.07, 6.45) is 2.21. The summed E-state index contributed by atoms with van der Waals surface area (Å²) in [5.74, 6) is 0.736. The summed E-state index contributed by atoms with van der Waals surface area (Å²) in [4.78, 5) is 14.2. The van der Waals surface area contributed by atoms with Gasteiger partial charge >= 0.3 is 6.03 Å². The van der Waals surface area contributed by atoms with E-state index in [1.165, 1.54) is 5.56 Å². The number of rotatable bonds is 4. The number of nitrogens with zero attached hydrogens (tertiary/aromatic N) is 1. The Morgan fingerprint density at radius 3 is 2.71 bits per heavy atom. The summed E-state index contributed by atoms with van der Waals surface area (Å²) in [7, 11) is 0. The van der Waals surface area contributed by atoms with Crippen LogP contribution in [0.2, 0.25) is 0 Å². The molecule has 0 bridgehead atoms. The van der Waals surface area contributed by atoms with Gasteiger partial charge in [0.15, 0.2) is 0 Å². The number of benzene rings is 1. The molecule has 0 aromatic heterocycles. The summed E-state index contributed by atoms with van der Waals surface area (Å²) >= 11 is 0. The highest BCUT2D eigenvalue weighted by Gasteiger charge is 2.20. The monoisotopic (exact) mass is 289 g/mol. The first kappa shape index (κ1) is 15.8. The van der Waals surface area contributed by atoms with Gasteiger partial charge in [0.05, 0.1) is 0 Å². The standard InChI is InChI=1S/C17H27N3O/c1-13(2)18-12-15-5-4-6-16(11-15)19-17(21)20-9-7-14(3)8-10-20/h4-6,11,13-14,18H,7-10,12H2,1-3H3,(H,19,21). The SMILES string of the molecule is CC1CCN(C(=O)Nc2cccc(CNC(C)C)c2)CC1. The summed E-state index contributed by atoms with van der Waals surface area (Å²) in [6, 6.07) is 8.54. The van der Waals surface area contributed by atoms with E-state index >= 15 is 0 Å². The summed E-state index contributed by atoms with van der Waals surface area (Å²) in [5.41, 5.74) is 2.07. The van der Waals surface area contributed by atoms with Crippen LogP contribution in [0.5, 0.6) is 0 Å². The van der Waals surface area contributed by atoms with E-state index < -0.39 is 0 Å². The second-order valence-electron chi connectivity index (χ2n) is 6.34. The van der Waals surface area contributed by atoms with Crippen molar-refractivity contribution in [1.29, 1.82) is 0 Å². The quantitative estimate of drug-likeness (QED) is 0.891. The minimum atomic E-state index is 0.0240. The summed E-state index contributed by atoms with van der Waals surface area (Å²) in [5, 5.41) is 6.40. The van der Waals surface area contributed by atoms with Gasteiger partial charge in [-0.3, -0.25) is 0 Å². The molecule has 4 nitrogen and oxygen atoms in total. The summed E-state index contributed by atoms with van der Waals surface area (Å²) < 4.78 is 0. The van der Waals surface area contributed by atoms with Crippen molar-refractivity contribution in [2.75, 3.05) is 18.4 Å². The number of anilines is 1. The third-order valence-electron chi connectivity index (χ3n) is 3.96. The maximum Gasteiger partial charge on any atom is 0.321 e. The van der Waals surface area contributed by atoms with Crippen LogP contribution in [0, 0.1) is 5.92 Å². The molecule has 1 saturated heterocycles. The van der Waals surface area contributed by atoms with Crippen molar-refractivity contribution in [2.24, 2.45) is 5.92 Å². The number of piperidine rings is 1. The van der Waals surface area contributed by atoms with Crippen LogP contribution in [-0.2, 0) is 6.54 Å². The second-order valence-corrected chi connectivity index (χ2v) is 6.34. The first-order chi connectivity index (χ1) is 10.0. The Kier molecular flexibility index (Phi) is 5.62. The van der Waals surface area contributed by atoms with E-state index in [2.05, 4.69) is 37.5 Å². The van der Waals surface area contributed by atoms with E-state index in [0.717, 1.165) is 44.1 Å². The summed E-state index contributed by atoms with van der Waals surface area (Å²) in [6.45, 7) is 9.05. The van der Waals surface area contributed by atoms with Gasteiger partial charge < -0.3 is 15.5 Å². The van der Waals surface area contributed by atoms with Gasteiger partial charge in [0.1, 0.15) is 0 Å². The Morgan fingerprint density at radius 1 is 1.33 bits per heavy atom. The molecular formula is C17H27N3O. The van der Waals surface area contributed by atoms with E-state index in [0.29, 0.717) is 6.04 Å². The molecule has 21 heavy (non-hydrogen) atoms. The van der Waals surface area contributed by atoms with Crippen molar-refractivity contribution in [3.8, 4) is 0 Å². The first-order valence-corrected chi connectivity index (χ1v) is 7.93. The average molecular weight is 289 g/mol. The molecular weight excluding hydrogens is 262 g/mol. The molecule has 1 aliphatic rings. The third kappa shape index (κ3) is 5.05. The number of likely N-dealkylation sites (tertiary alicyclic amines) is 1. The number of nitrogens with one attached hydrogen (secondary N) is 2. The first-order valence-electron chi connectivity index (χ1n) is 7.93. The number of hydrogen-bond donors (Lipinski definition) is 2. The minimum absolute atomic E-state index is 0.0240. The molecule has 0 aliphatic carbocycles. The van der Waals surface area contributed by atoms with E-state index in [9.17, 15) is 4.79 Å². The zero-order valence-electron chi connectivity index (χ0n) is 13.4. The van der Waals surface area contributed by atoms with Crippen molar-refractivity contribution in [3.05, 3.63) is 29.8 Å². The fourth-order valence-corrected chi connectivity index (χ4v) is 2.50. The van der Waals surface area contributed by atoms with E-state index in [1.54, 1.807) is 0 Å². The van der Waals surface area contributed by atoms with Crippen LogP contribution in [0.1, 0.15) is 39.2 Å². The maximum absolute atomic E-state index is 12.3. The molecule has 0 unspecified atom stereocenters. The lowest BCUT2D eigenvalue weighted by atomic mass is 10.00.